The molecule has 4 nitrogen and oxygen atoms in total. The van der Waals surface area contributed by atoms with Gasteiger partial charge in [0.15, 0.2) is 5.96 Å². The molecule has 0 amide bonds. The third kappa shape index (κ3) is 8.43. The molecule has 0 aliphatic heterocycles. The molecular weight excluding hydrogens is 466 g/mol. The average Bonchev–Trinajstić information content (AvgIpc) is 3.04. The number of guanidine groups is 1. The maximum atomic E-state index is 12.1. The fraction of sp³-hybridized carbons (Fsp3) is 0.312. The molecule has 0 radical (unpaired) electrons. The highest BCUT2D eigenvalue weighted by atomic mass is 127. The van der Waals surface area contributed by atoms with Crippen molar-refractivity contribution >= 4 is 41.3 Å². The summed E-state index contributed by atoms with van der Waals surface area (Å²) in [4.78, 5) is 5.33. The van der Waals surface area contributed by atoms with Crippen LogP contribution in [-0.4, -0.2) is 25.9 Å². The van der Waals surface area contributed by atoms with Gasteiger partial charge in [0, 0.05) is 18.5 Å². The maximum absolute atomic E-state index is 12.1. The first-order valence-corrected chi connectivity index (χ1v) is 8.16. The van der Waals surface area contributed by atoms with E-state index in [1.54, 1.807) is 30.5 Å². The Labute approximate surface area is 165 Å². The highest BCUT2D eigenvalue weighted by Crippen LogP contribution is 2.22. The van der Waals surface area contributed by atoms with Crippen molar-refractivity contribution < 1.29 is 17.9 Å². The Bertz CT molecular complexity index is 646. The van der Waals surface area contributed by atoms with Crippen LogP contribution >= 0.6 is 35.3 Å². The lowest BCUT2D eigenvalue weighted by molar-refractivity contribution is -0.274. The molecule has 0 saturated heterocycles. The molecule has 0 bridgehead atoms. The average molecular weight is 485 g/mol. The van der Waals surface area contributed by atoms with Crippen molar-refractivity contribution in [3.63, 3.8) is 0 Å². The summed E-state index contributed by atoms with van der Waals surface area (Å²) in [5.74, 6) is 0.466. The Morgan fingerprint density at radius 2 is 1.88 bits per heavy atom. The van der Waals surface area contributed by atoms with E-state index in [0.717, 1.165) is 5.56 Å². The van der Waals surface area contributed by atoms with Gasteiger partial charge in [0.1, 0.15) is 5.75 Å². The summed E-state index contributed by atoms with van der Waals surface area (Å²) in [6.45, 7) is 1.31. The fourth-order valence-corrected chi connectivity index (χ4v) is 2.63. The largest absolute Gasteiger partial charge is 0.573 e. The van der Waals surface area contributed by atoms with Gasteiger partial charge in [-0.3, -0.25) is 4.99 Å². The Morgan fingerprint density at radius 1 is 1.16 bits per heavy atom. The van der Waals surface area contributed by atoms with E-state index < -0.39 is 6.36 Å². The zero-order valence-corrected chi connectivity index (χ0v) is 16.6. The summed E-state index contributed by atoms with van der Waals surface area (Å²) in [5, 5.41) is 8.38. The molecule has 0 atom stereocenters. The normalized spacial score (nSPS) is 11.6. The summed E-state index contributed by atoms with van der Waals surface area (Å²) >= 11 is 1.66. The van der Waals surface area contributed by atoms with E-state index in [0.29, 0.717) is 25.5 Å². The van der Waals surface area contributed by atoms with Crippen molar-refractivity contribution in [2.24, 2.45) is 4.99 Å². The van der Waals surface area contributed by atoms with Crippen LogP contribution < -0.4 is 15.4 Å². The number of nitrogens with one attached hydrogen (secondary N) is 2. The summed E-state index contributed by atoms with van der Waals surface area (Å²) in [6.07, 6.45) is -4.00. The number of aliphatic imine (C=N–C) groups is 1. The second-order valence-electron chi connectivity index (χ2n) is 4.87. The molecule has 0 fully saturated rings. The second kappa shape index (κ2) is 10.5. The molecular formula is C16H19F3IN3OS. The van der Waals surface area contributed by atoms with Gasteiger partial charge in [-0.25, -0.2) is 0 Å². The van der Waals surface area contributed by atoms with Gasteiger partial charge >= 0.3 is 6.36 Å². The Hall–Kier alpha value is -1.49. The van der Waals surface area contributed by atoms with Gasteiger partial charge in [0.25, 0.3) is 0 Å². The number of rotatable bonds is 6. The molecule has 25 heavy (non-hydrogen) atoms. The molecule has 1 heterocycles. The first kappa shape index (κ1) is 21.6. The lowest BCUT2D eigenvalue weighted by atomic mass is 10.1. The van der Waals surface area contributed by atoms with Crippen molar-refractivity contribution in [2.75, 3.05) is 13.6 Å². The van der Waals surface area contributed by atoms with Gasteiger partial charge in [-0.05, 0) is 35.6 Å². The molecule has 2 rings (SSSR count). The molecule has 1 aromatic carbocycles. The van der Waals surface area contributed by atoms with Gasteiger partial charge in [-0.1, -0.05) is 18.2 Å². The third-order valence-electron chi connectivity index (χ3n) is 3.10. The third-order valence-corrected chi connectivity index (χ3v) is 3.97. The number of benzene rings is 1. The molecule has 0 unspecified atom stereocenters. The smallest absolute Gasteiger partial charge is 0.406 e. The number of alkyl halides is 3. The van der Waals surface area contributed by atoms with E-state index in [1.165, 1.54) is 17.0 Å². The molecule has 0 aliphatic carbocycles. The van der Waals surface area contributed by atoms with Crippen molar-refractivity contribution in [1.82, 2.24) is 10.6 Å². The topological polar surface area (TPSA) is 45.7 Å². The van der Waals surface area contributed by atoms with Crippen LogP contribution in [0.3, 0.4) is 0 Å². The minimum atomic E-state index is -4.66. The number of thiophene rings is 1. The summed E-state index contributed by atoms with van der Waals surface area (Å²) in [7, 11) is 1.69. The Balaban J connectivity index is 0.00000312. The SMILES string of the molecule is CN=C(NCCc1ccc(OC(F)(F)F)cc1)NCc1cccs1.I. The van der Waals surface area contributed by atoms with Crippen LogP contribution in [0.25, 0.3) is 0 Å². The van der Waals surface area contributed by atoms with E-state index in [1.807, 2.05) is 17.5 Å². The predicted octanol–water partition coefficient (Wildman–Crippen LogP) is 4.17. The van der Waals surface area contributed by atoms with Gasteiger partial charge in [-0.2, -0.15) is 0 Å². The molecule has 0 saturated carbocycles. The second-order valence-corrected chi connectivity index (χ2v) is 5.91. The zero-order chi connectivity index (χ0) is 17.4. The summed E-state index contributed by atoms with van der Waals surface area (Å²) in [5.41, 5.74) is 0.908. The molecule has 0 aliphatic rings. The van der Waals surface area contributed by atoms with Crippen LogP contribution in [0.2, 0.25) is 0 Å². The van der Waals surface area contributed by atoms with Crippen LogP contribution in [-0.2, 0) is 13.0 Å². The minimum Gasteiger partial charge on any atom is -0.406 e. The first-order valence-electron chi connectivity index (χ1n) is 7.28. The Kier molecular flexibility index (Phi) is 9.04. The highest BCUT2D eigenvalue weighted by molar-refractivity contribution is 14.0. The van der Waals surface area contributed by atoms with Crippen molar-refractivity contribution in [3.8, 4) is 5.75 Å². The number of hydrogen-bond donors (Lipinski definition) is 2. The van der Waals surface area contributed by atoms with E-state index >= 15 is 0 Å². The number of hydrogen-bond acceptors (Lipinski definition) is 3. The molecule has 1 aromatic heterocycles. The molecule has 9 heteroatoms. The molecule has 2 N–H and O–H groups in total. The number of halogens is 4. The molecule has 138 valence electrons. The monoisotopic (exact) mass is 485 g/mol. The Morgan fingerprint density at radius 3 is 2.44 bits per heavy atom. The van der Waals surface area contributed by atoms with Crippen LogP contribution in [0.5, 0.6) is 5.75 Å². The van der Waals surface area contributed by atoms with Gasteiger partial charge in [0.2, 0.25) is 0 Å². The van der Waals surface area contributed by atoms with Gasteiger partial charge in [-0.15, -0.1) is 48.5 Å². The predicted molar refractivity (Wildman–Crippen MR) is 105 cm³/mol. The van der Waals surface area contributed by atoms with Crippen LogP contribution in [0.4, 0.5) is 13.2 Å². The van der Waals surface area contributed by atoms with E-state index in [-0.39, 0.29) is 29.7 Å². The van der Waals surface area contributed by atoms with E-state index in [2.05, 4.69) is 20.4 Å². The van der Waals surface area contributed by atoms with E-state index in [4.69, 9.17) is 0 Å². The fourth-order valence-electron chi connectivity index (χ4n) is 1.99. The van der Waals surface area contributed by atoms with Gasteiger partial charge in [0.05, 0.1) is 6.54 Å². The zero-order valence-electron chi connectivity index (χ0n) is 13.5. The minimum absolute atomic E-state index is 0. The number of nitrogens with zero attached hydrogens (tertiary/aromatic N) is 1. The first-order chi connectivity index (χ1) is 11.5. The summed E-state index contributed by atoms with van der Waals surface area (Å²) in [6, 6.07) is 9.88. The van der Waals surface area contributed by atoms with Crippen LogP contribution in [0, 0.1) is 0 Å². The van der Waals surface area contributed by atoms with Crippen molar-refractivity contribution in [1.29, 1.82) is 0 Å². The summed E-state index contributed by atoms with van der Waals surface area (Å²) < 4.78 is 40.1. The molecule has 2 aromatic rings. The number of ether oxygens (including phenoxy) is 1. The van der Waals surface area contributed by atoms with Crippen LogP contribution in [0.1, 0.15) is 10.4 Å². The standard InChI is InChI=1S/C16H18F3N3OS.HI/c1-20-15(22-11-14-3-2-10-24-14)21-9-8-12-4-6-13(7-5-12)23-16(17,18)19;/h2-7,10H,8-9,11H2,1H3,(H2,20,21,22);1H. The van der Waals surface area contributed by atoms with Gasteiger partial charge < -0.3 is 15.4 Å². The lowest BCUT2D eigenvalue weighted by Crippen LogP contribution is -2.37. The maximum Gasteiger partial charge on any atom is 0.573 e. The highest BCUT2D eigenvalue weighted by Gasteiger charge is 2.30. The molecule has 0 spiro atoms. The van der Waals surface area contributed by atoms with Crippen molar-refractivity contribution in [2.45, 2.75) is 19.3 Å². The van der Waals surface area contributed by atoms with Crippen LogP contribution in [0.15, 0.2) is 46.8 Å². The van der Waals surface area contributed by atoms with Crippen molar-refractivity contribution in [3.05, 3.63) is 52.2 Å². The van der Waals surface area contributed by atoms with E-state index in [9.17, 15) is 13.2 Å². The quantitative estimate of drug-likeness (QED) is 0.367. The lowest BCUT2D eigenvalue weighted by Gasteiger charge is -2.12.